The molecule has 0 radical (unpaired) electrons. The second-order valence-corrected chi connectivity index (χ2v) is 8.20. The summed E-state index contributed by atoms with van der Waals surface area (Å²) in [6, 6.07) is 11.1. The number of rotatable bonds is 3. The van der Waals surface area contributed by atoms with Crippen molar-refractivity contribution in [3.63, 3.8) is 0 Å². The lowest BCUT2D eigenvalue weighted by Crippen LogP contribution is -2.39. The van der Waals surface area contributed by atoms with E-state index in [4.69, 9.17) is 16.7 Å². The first-order valence-corrected chi connectivity index (χ1v) is 10.9. The van der Waals surface area contributed by atoms with Gasteiger partial charge >= 0.3 is 0 Å². The molecule has 0 bridgehead atoms. The van der Waals surface area contributed by atoms with Gasteiger partial charge in [0.2, 0.25) is 0 Å². The van der Waals surface area contributed by atoms with Gasteiger partial charge in [-0.3, -0.25) is 9.36 Å². The summed E-state index contributed by atoms with van der Waals surface area (Å²) in [5.41, 5.74) is 2.30. The summed E-state index contributed by atoms with van der Waals surface area (Å²) >= 11 is 6.34. The molecule has 1 aliphatic heterocycles. The van der Waals surface area contributed by atoms with E-state index in [2.05, 4.69) is 24.8 Å². The second kappa shape index (κ2) is 8.53. The molecule has 168 valence electrons. The fourth-order valence-electron chi connectivity index (χ4n) is 4.51. The summed E-state index contributed by atoms with van der Waals surface area (Å²) < 4.78 is 3.26. The zero-order valence-electron chi connectivity index (χ0n) is 17.5. The summed E-state index contributed by atoms with van der Waals surface area (Å²) in [4.78, 5) is 32.1. The fourth-order valence-corrected chi connectivity index (χ4v) is 4.74. The molecule has 1 aromatic carbocycles. The van der Waals surface area contributed by atoms with Crippen LogP contribution in [0.5, 0.6) is 0 Å². The minimum atomic E-state index is -0.198. The number of H-pyrrole nitrogens is 1. The lowest BCUT2D eigenvalue weighted by Gasteiger charge is -2.37. The Hall–Kier alpha value is -3.37. The van der Waals surface area contributed by atoms with Gasteiger partial charge in [0.25, 0.3) is 5.56 Å². The number of halogens is 1. The summed E-state index contributed by atoms with van der Waals surface area (Å²) in [6.45, 7) is 0.783. The van der Waals surface area contributed by atoms with Crippen LogP contribution in [0, 0.1) is 0 Å². The van der Waals surface area contributed by atoms with Crippen molar-refractivity contribution >= 4 is 47.6 Å². The standard InChI is InChI=1S/C22H19ClN8O.H2S/c23-15-9-11-30-18(15)22(32)31(14-6-2-1-3-7-14)20(28-30)16-8-4-5-10-29(16)21-17-19(25-12-24-17)26-13-27-21;/h1-3,6-7,9,11-13,16H,4-5,8,10H2,(H,24,25,26,27);1H2/t16-;/m0./s1. The van der Waals surface area contributed by atoms with E-state index >= 15 is 0 Å². The summed E-state index contributed by atoms with van der Waals surface area (Å²) in [5, 5.41) is 5.27. The Morgan fingerprint density at radius 3 is 2.76 bits per heavy atom. The molecule has 1 atom stereocenters. The Bertz CT molecular complexity index is 1500. The first kappa shape index (κ1) is 21.5. The van der Waals surface area contributed by atoms with E-state index < -0.39 is 0 Å². The van der Waals surface area contributed by atoms with Gasteiger partial charge in [-0.25, -0.2) is 19.5 Å². The monoisotopic (exact) mass is 480 g/mol. The third-order valence-corrected chi connectivity index (χ3v) is 6.26. The molecule has 0 spiro atoms. The maximum atomic E-state index is 13.6. The van der Waals surface area contributed by atoms with Gasteiger partial charge in [-0.05, 0) is 37.5 Å². The first-order chi connectivity index (χ1) is 15.7. The zero-order chi connectivity index (χ0) is 21.7. The van der Waals surface area contributed by atoms with E-state index in [0.717, 1.165) is 42.8 Å². The molecule has 33 heavy (non-hydrogen) atoms. The van der Waals surface area contributed by atoms with Crippen molar-refractivity contribution in [2.45, 2.75) is 25.3 Å². The van der Waals surface area contributed by atoms with Gasteiger partial charge in [-0.15, -0.1) is 0 Å². The van der Waals surface area contributed by atoms with Crippen molar-refractivity contribution < 1.29 is 0 Å². The lowest BCUT2D eigenvalue weighted by atomic mass is 10.0. The molecule has 4 aromatic heterocycles. The van der Waals surface area contributed by atoms with Gasteiger partial charge in [0.15, 0.2) is 17.3 Å². The summed E-state index contributed by atoms with van der Waals surface area (Å²) in [5.74, 6) is 1.41. The minimum Gasteiger partial charge on any atom is -0.344 e. The topological polar surface area (TPSA) is 97.0 Å². The van der Waals surface area contributed by atoms with Crippen molar-refractivity contribution in [1.82, 2.24) is 34.1 Å². The van der Waals surface area contributed by atoms with Gasteiger partial charge in [0.1, 0.15) is 17.4 Å². The Morgan fingerprint density at radius 1 is 1.06 bits per heavy atom. The predicted molar refractivity (Wildman–Crippen MR) is 132 cm³/mol. The van der Waals surface area contributed by atoms with Crippen molar-refractivity contribution in [1.29, 1.82) is 0 Å². The third-order valence-electron chi connectivity index (χ3n) is 5.95. The molecule has 0 amide bonds. The Kier molecular flexibility index (Phi) is 5.55. The Morgan fingerprint density at radius 2 is 1.91 bits per heavy atom. The molecule has 1 fully saturated rings. The maximum Gasteiger partial charge on any atom is 0.284 e. The number of hydrogen-bond donors (Lipinski definition) is 1. The van der Waals surface area contributed by atoms with Crippen molar-refractivity contribution in [3.05, 3.63) is 76.5 Å². The van der Waals surface area contributed by atoms with Crippen LogP contribution in [-0.2, 0) is 0 Å². The average Bonchev–Trinajstić information content (AvgIpc) is 3.46. The predicted octanol–water partition coefficient (Wildman–Crippen LogP) is 3.65. The molecular formula is C22H21ClN8OS. The molecule has 6 rings (SSSR count). The molecule has 0 unspecified atom stereocenters. The molecular weight excluding hydrogens is 460 g/mol. The van der Waals surface area contributed by atoms with Crippen LogP contribution in [0.4, 0.5) is 5.82 Å². The van der Waals surface area contributed by atoms with Crippen LogP contribution in [-0.4, -0.2) is 40.7 Å². The molecule has 0 aliphatic carbocycles. The quantitative estimate of drug-likeness (QED) is 0.423. The number of aromatic nitrogens is 7. The molecule has 5 aromatic rings. The Labute approximate surface area is 200 Å². The number of anilines is 1. The number of nitrogens with one attached hydrogen (secondary N) is 1. The number of benzene rings is 1. The number of imidazole rings is 1. The SMILES string of the molecule is O=c1c2c(Cl)ccn2nc([C@@H]2CCCCN2c2ncnc3nc[nH]c23)n1-c1ccccc1.S. The molecule has 1 saturated heterocycles. The van der Waals surface area contributed by atoms with Crippen LogP contribution >= 0.6 is 25.1 Å². The molecule has 11 heteroatoms. The molecule has 1 aliphatic rings. The highest BCUT2D eigenvalue weighted by atomic mass is 35.5. The van der Waals surface area contributed by atoms with Crippen molar-refractivity contribution in [2.75, 3.05) is 11.4 Å². The Balaban J connectivity index is 0.00000228. The van der Waals surface area contributed by atoms with E-state index in [9.17, 15) is 4.79 Å². The summed E-state index contributed by atoms with van der Waals surface area (Å²) in [7, 11) is 0. The van der Waals surface area contributed by atoms with Crippen LogP contribution in [0.25, 0.3) is 22.4 Å². The van der Waals surface area contributed by atoms with Gasteiger partial charge < -0.3 is 9.88 Å². The molecule has 9 nitrogen and oxygen atoms in total. The highest BCUT2D eigenvalue weighted by Crippen LogP contribution is 2.36. The lowest BCUT2D eigenvalue weighted by molar-refractivity contribution is 0.439. The van der Waals surface area contributed by atoms with Crippen LogP contribution < -0.4 is 10.5 Å². The summed E-state index contributed by atoms with van der Waals surface area (Å²) in [6.07, 6.45) is 7.74. The molecule has 1 N–H and O–H groups in total. The fraction of sp³-hybridized carbons (Fsp3) is 0.227. The van der Waals surface area contributed by atoms with E-state index in [1.807, 2.05) is 30.3 Å². The smallest absolute Gasteiger partial charge is 0.284 e. The zero-order valence-corrected chi connectivity index (χ0v) is 19.3. The first-order valence-electron chi connectivity index (χ1n) is 10.5. The van der Waals surface area contributed by atoms with E-state index in [-0.39, 0.29) is 25.1 Å². The highest BCUT2D eigenvalue weighted by molar-refractivity contribution is 7.59. The molecule has 0 saturated carbocycles. The van der Waals surface area contributed by atoms with Crippen LogP contribution in [0.1, 0.15) is 31.1 Å². The third kappa shape index (κ3) is 3.46. The van der Waals surface area contributed by atoms with E-state index in [1.54, 1.807) is 27.7 Å². The van der Waals surface area contributed by atoms with Crippen molar-refractivity contribution in [2.24, 2.45) is 0 Å². The van der Waals surface area contributed by atoms with Crippen molar-refractivity contribution in [3.8, 4) is 5.69 Å². The van der Waals surface area contributed by atoms with Gasteiger partial charge in [-0.2, -0.15) is 18.6 Å². The maximum absolute atomic E-state index is 13.6. The number of hydrogen-bond acceptors (Lipinski definition) is 6. The van der Waals surface area contributed by atoms with Gasteiger partial charge in [0.05, 0.1) is 23.1 Å². The minimum absolute atomic E-state index is 0. The van der Waals surface area contributed by atoms with E-state index in [0.29, 0.717) is 22.0 Å². The number of nitrogens with zero attached hydrogens (tertiary/aromatic N) is 7. The molecule has 5 heterocycles. The number of fused-ring (bicyclic) bond motifs is 2. The largest absolute Gasteiger partial charge is 0.344 e. The normalized spacial score (nSPS) is 16.3. The average molecular weight is 481 g/mol. The van der Waals surface area contributed by atoms with Gasteiger partial charge in [0, 0.05) is 12.7 Å². The number of para-hydroxylation sites is 1. The van der Waals surface area contributed by atoms with Gasteiger partial charge in [-0.1, -0.05) is 29.8 Å². The van der Waals surface area contributed by atoms with E-state index in [1.165, 1.54) is 6.33 Å². The second-order valence-electron chi connectivity index (χ2n) is 7.79. The van der Waals surface area contributed by atoms with Crippen LogP contribution in [0.15, 0.2) is 60.0 Å². The van der Waals surface area contributed by atoms with Crippen LogP contribution in [0.2, 0.25) is 5.02 Å². The number of aromatic amines is 1. The highest BCUT2D eigenvalue weighted by Gasteiger charge is 2.32. The van der Waals surface area contributed by atoms with Crippen LogP contribution in [0.3, 0.4) is 0 Å². The number of piperidine rings is 1.